The van der Waals surface area contributed by atoms with Crippen LogP contribution >= 0.6 is 11.8 Å². The molecule has 19 heavy (non-hydrogen) atoms. The second kappa shape index (κ2) is 6.25. The Morgan fingerprint density at radius 3 is 3.05 bits per heavy atom. The SMILES string of the molecule is CSC(=Nc1cccc(N2CCCC2=O)c1)NC#N. The van der Waals surface area contributed by atoms with E-state index in [4.69, 9.17) is 5.26 Å². The first-order valence-corrected chi connectivity index (χ1v) is 7.15. The third kappa shape index (κ3) is 3.26. The van der Waals surface area contributed by atoms with E-state index in [2.05, 4.69) is 10.3 Å². The summed E-state index contributed by atoms with van der Waals surface area (Å²) in [6.07, 6.45) is 5.21. The van der Waals surface area contributed by atoms with E-state index in [1.54, 1.807) is 4.90 Å². The van der Waals surface area contributed by atoms with Crippen molar-refractivity contribution in [3.05, 3.63) is 24.3 Å². The summed E-state index contributed by atoms with van der Waals surface area (Å²) in [5.74, 6) is 0.154. The van der Waals surface area contributed by atoms with Gasteiger partial charge in [-0.1, -0.05) is 17.8 Å². The minimum absolute atomic E-state index is 0.154. The molecule has 0 radical (unpaired) electrons. The molecule has 1 saturated heterocycles. The zero-order chi connectivity index (χ0) is 13.7. The molecule has 6 heteroatoms. The zero-order valence-corrected chi connectivity index (χ0v) is 11.4. The van der Waals surface area contributed by atoms with Crippen LogP contribution in [0.3, 0.4) is 0 Å². The highest BCUT2D eigenvalue weighted by Gasteiger charge is 2.21. The van der Waals surface area contributed by atoms with Crippen molar-refractivity contribution < 1.29 is 4.79 Å². The number of amides is 1. The number of carbonyl (C=O) groups excluding carboxylic acids is 1. The summed E-state index contributed by atoms with van der Waals surface area (Å²) in [5, 5.41) is 11.7. The predicted octanol–water partition coefficient (Wildman–Crippen LogP) is 2.23. The summed E-state index contributed by atoms with van der Waals surface area (Å²) < 4.78 is 0. The standard InChI is InChI=1S/C13H14N4OS/c1-19-13(15-9-14)16-10-4-2-5-11(8-10)17-7-3-6-12(17)18/h2,4-5,8H,3,6-7H2,1H3,(H,15,16). The van der Waals surface area contributed by atoms with Gasteiger partial charge in [0.1, 0.15) is 0 Å². The number of nitriles is 1. The molecule has 1 heterocycles. The van der Waals surface area contributed by atoms with Gasteiger partial charge in [0, 0.05) is 18.7 Å². The maximum absolute atomic E-state index is 11.7. The Labute approximate surface area is 116 Å². The maximum atomic E-state index is 11.7. The highest BCUT2D eigenvalue weighted by molar-refractivity contribution is 8.13. The first kappa shape index (κ1) is 13.4. The highest BCUT2D eigenvalue weighted by atomic mass is 32.2. The molecule has 98 valence electrons. The molecule has 1 amide bonds. The summed E-state index contributed by atoms with van der Waals surface area (Å²) in [7, 11) is 0. The summed E-state index contributed by atoms with van der Waals surface area (Å²) >= 11 is 1.36. The van der Waals surface area contributed by atoms with Crippen molar-refractivity contribution in [3.8, 4) is 6.19 Å². The van der Waals surface area contributed by atoms with Gasteiger partial charge in [0.2, 0.25) is 5.91 Å². The Kier molecular flexibility index (Phi) is 4.42. The van der Waals surface area contributed by atoms with Crippen LogP contribution in [0.25, 0.3) is 0 Å². The van der Waals surface area contributed by atoms with Gasteiger partial charge in [-0.05, 0) is 30.9 Å². The van der Waals surface area contributed by atoms with Gasteiger partial charge < -0.3 is 4.90 Å². The fourth-order valence-corrected chi connectivity index (χ4v) is 2.29. The number of nitrogens with one attached hydrogen (secondary N) is 1. The van der Waals surface area contributed by atoms with Gasteiger partial charge >= 0.3 is 0 Å². The van der Waals surface area contributed by atoms with Crippen molar-refractivity contribution in [2.75, 3.05) is 17.7 Å². The van der Waals surface area contributed by atoms with Crippen LogP contribution in [0, 0.1) is 11.5 Å². The Hall–Kier alpha value is -2.00. The fraction of sp³-hybridized carbons (Fsp3) is 0.308. The van der Waals surface area contributed by atoms with Crippen molar-refractivity contribution >= 4 is 34.2 Å². The van der Waals surface area contributed by atoms with Gasteiger partial charge in [0.25, 0.3) is 0 Å². The van der Waals surface area contributed by atoms with E-state index < -0.39 is 0 Å². The molecule has 1 fully saturated rings. The fourth-order valence-electron chi connectivity index (χ4n) is 1.94. The number of hydrogen-bond acceptors (Lipinski definition) is 4. The molecule has 0 bridgehead atoms. The van der Waals surface area contributed by atoms with Crippen LogP contribution in [0.1, 0.15) is 12.8 Å². The van der Waals surface area contributed by atoms with Gasteiger partial charge in [0.15, 0.2) is 11.4 Å². The van der Waals surface area contributed by atoms with Crippen molar-refractivity contribution in [2.24, 2.45) is 4.99 Å². The number of thioether (sulfide) groups is 1. The lowest BCUT2D eigenvalue weighted by Gasteiger charge is -2.15. The van der Waals surface area contributed by atoms with Crippen LogP contribution in [-0.4, -0.2) is 23.9 Å². The normalized spacial score (nSPS) is 15.5. The lowest BCUT2D eigenvalue weighted by atomic mass is 10.2. The van der Waals surface area contributed by atoms with Crippen LogP contribution < -0.4 is 10.2 Å². The number of aliphatic imine (C=N–C) groups is 1. The van der Waals surface area contributed by atoms with Crippen LogP contribution in [0.5, 0.6) is 0 Å². The first-order chi connectivity index (χ1) is 9.24. The zero-order valence-electron chi connectivity index (χ0n) is 10.6. The molecule has 0 aliphatic carbocycles. The molecule has 1 aliphatic heterocycles. The van der Waals surface area contributed by atoms with E-state index in [9.17, 15) is 4.79 Å². The maximum Gasteiger partial charge on any atom is 0.227 e. The molecule has 1 aromatic rings. The first-order valence-electron chi connectivity index (χ1n) is 5.93. The molecule has 1 aromatic carbocycles. The number of benzene rings is 1. The molecule has 0 spiro atoms. The van der Waals surface area contributed by atoms with Crippen molar-refractivity contribution in [3.63, 3.8) is 0 Å². The lowest BCUT2D eigenvalue weighted by Crippen LogP contribution is -2.23. The van der Waals surface area contributed by atoms with Gasteiger partial charge in [0.05, 0.1) is 5.69 Å². The second-order valence-electron chi connectivity index (χ2n) is 4.03. The summed E-state index contributed by atoms with van der Waals surface area (Å²) in [6.45, 7) is 0.762. The van der Waals surface area contributed by atoms with Gasteiger partial charge in [-0.15, -0.1) is 0 Å². The molecule has 0 aromatic heterocycles. The van der Waals surface area contributed by atoms with Gasteiger partial charge in [-0.25, -0.2) is 4.99 Å². The van der Waals surface area contributed by atoms with E-state index in [1.807, 2.05) is 36.7 Å². The lowest BCUT2D eigenvalue weighted by molar-refractivity contribution is -0.117. The topological polar surface area (TPSA) is 68.5 Å². The molecule has 0 unspecified atom stereocenters. The molecule has 1 N–H and O–H groups in total. The molecule has 5 nitrogen and oxygen atoms in total. The Morgan fingerprint density at radius 2 is 2.42 bits per heavy atom. The molecular weight excluding hydrogens is 260 g/mol. The number of nitrogens with zero attached hydrogens (tertiary/aromatic N) is 3. The minimum atomic E-state index is 0.154. The Balaban J connectivity index is 2.24. The van der Waals surface area contributed by atoms with Crippen molar-refractivity contribution in [1.82, 2.24) is 5.32 Å². The monoisotopic (exact) mass is 274 g/mol. The van der Waals surface area contributed by atoms with E-state index in [1.165, 1.54) is 11.8 Å². The highest BCUT2D eigenvalue weighted by Crippen LogP contribution is 2.25. The quantitative estimate of drug-likeness (QED) is 0.388. The Morgan fingerprint density at radius 1 is 1.58 bits per heavy atom. The average molecular weight is 274 g/mol. The van der Waals surface area contributed by atoms with Crippen molar-refractivity contribution in [2.45, 2.75) is 12.8 Å². The van der Waals surface area contributed by atoms with E-state index in [-0.39, 0.29) is 5.91 Å². The summed E-state index contributed by atoms with van der Waals surface area (Å²) in [4.78, 5) is 17.8. The van der Waals surface area contributed by atoms with Gasteiger partial charge in [-0.3, -0.25) is 10.1 Å². The van der Waals surface area contributed by atoms with E-state index in [0.717, 1.165) is 24.3 Å². The number of amidine groups is 1. The number of anilines is 1. The Bertz CT molecular complexity index is 550. The number of hydrogen-bond donors (Lipinski definition) is 1. The third-order valence-corrected chi connectivity index (χ3v) is 3.38. The molecule has 0 atom stereocenters. The number of rotatable bonds is 2. The largest absolute Gasteiger partial charge is 0.312 e. The van der Waals surface area contributed by atoms with E-state index >= 15 is 0 Å². The second-order valence-corrected chi connectivity index (χ2v) is 4.82. The third-order valence-electron chi connectivity index (χ3n) is 2.80. The molecule has 2 rings (SSSR count). The molecule has 1 aliphatic rings. The minimum Gasteiger partial charge on any atom is -0.312 e. The average Bonchev–Trinajstić information content (AvgIpc) is 2.85. The number of carbonyl (C=O) groups is 1. The van der Waals surface area contributed by atoms with Crippen LogP contribution in [-0.2, 0) is 4.79 Å². The van der Waals surface area contributed by atoms with Gasteiger partial charge in [-0.2, -0.15) is 5.26 Å². The summed E-state index contributed by atoms with van der Waals surface area (Å²) in [5.41, 5.74) is 1.59. The summed E-state index contributed by atoms with van der Waals surface area (Å²) in [6, 6.07) is 7.47. The van der Waals surface area contributed by atoms with E-state index in [0.29, 0.717) is 11.6 Å². The molecular formula is C13H14N4OS. The smallest absolute Gasteiger partial charge is 0.227 e. The van der Waals surface area contributed by atoms with Crippen molar-refractivity contribution in [1.29, 1.82) is 5.26 Å². The van der Waals surface area contributed by atoms with Crippen LogP contribution in [0.2, 0.25) is 0 Å². The predicted molar refractivity (Wildman–Crippen MR) is 77.4 cm³/mol. The molecule has 0 saturated carbocycles. The van der Waals surface area contributed by atoms with Crippen LogP contribution in [0.15, 0.2) is 29.3 Å². The van der Waals surface area contributed by atoms with Crippen LogP contribution in [0.4, 0.5) is 11.4 Å².